The lowest BCUT2D eigenvalue weighted by Gasteiger charge is -2.31. The molecule has 0 saturated heterocycles. The molecule has 0 fully saturated rings. The minimum Gasteiger partial charge on any atom is -0.481 e. The molecule has 28 nitrogen and oxygen atoms in total. The maximum absolute atomic E-state index is 13.1. The van der Waals surface area contributed by atoms with Crippen LogP contribution in [0.3, 0.4) is 0 Å². The third kappa shape index (κ3) is 18.8. The van der Waals surface area contributed by atoms with Gasteiger partial charge in [-0.05, 0) is 105 Å². The smallest absolute Gasteiger partial charge is 0.303 e. The number of rotatable bonds is 38. The van der Waals surface area contributed by atoms with Crippen molar-refractivity contribution < 1.29 is 121 Å². The second-order valence-electron chi connectivity index (χ2n) is 21.2. The van der Waals surface area contributed by atoms with Gasteiger partial charge in [0.15, 0.2) is 5.71 Å². The van der Waals surface area contributed by atoms with Gasteiger partial charge in [-0.2, -0.15) is 55.1 Å². The van der Waals surface area contributed by atoms with Crippen molar-refractivity contribution in [3.8, 4) is 0 Å². The van der Waals surface area contributed by atoms with Gasteiger partial charge >= 0.3 is 5.97 Å². The molecule has 2 heterocycles. The zero-order valence-electron chi connectivity index (χ0n) is 48.3. The van der Waals surface area contributed by atoms with E-state index in [4.69, 9.17) is 28.4 Å². The van der Waals surface area contributed by atoms with Crippen LogP contribution in [0.25, 0.3) is 21.5 Å². The first kappa shape index (κ1) is 72.1. The molecule has 0 spiro atoms. The van der Waals surface area contributed by atoms with Crippen LogP contribution in [0.4, 0.5) is 11.4 Å². The van der Waals surface area contributed by atoms with Crippen LogP contribution in [0.15, 0.2) is 92.0 Å². The minimum atomic E-state index is -5.26. The van der Waals surface area contributed by atoms with Gasteiger partial charge in [-0.15, -0.1) is 0 Å². The van der Waals surface area contributed by atoms with E-state index in [1.807, 2.05) is 4.90 Å². The van der Waals surface area contributed by atoms with Crippen molar-refractivity contribution in [1.82, 2.24) is 0 Å². The Kier molecular flexibility index (Phi) is 24.6. The van der Waals surface area contributed by atoms with Crippen LogP contribution in [-0.4, -0.2) is 204 Å². The molecule has 490 valence electrons. The molecule has 7 N–H and O–H groups in total. The third-order valence-electron chi connectivity index (χ3n) is 15.0. The minimum absolute atomic E-state index is 0.0292. The molecule has 0 bridgehead atoms. The Labute approximate surface area is 511 Å². The molecule has 34 heteroatoms. The second kappa shape index (κ2) is 30.0. The zero-order chi connectivity index (χ0) is 65.1. The molecule has 88 heavy (non-hydrogen) atoms. The van der Waals surface area contributed by atoms with E-state index in [1.165, 1.54) is 30.4 Å². The van der Waals surface area contributed by atoms with Crippen LogP contribution < -0.4 is 4.90 Å². The van der Waals surface area contributed by atoms with Crippen molar-refractivity contribution in [2.24, 2.45) is 0 Å². The SMILES string of the molecule is COCCOCCOCCOCCOCCOCCC1(C)C(=CC=CC2=[N+](CCCS(=O)(=O)O)c3ccc4c(S(=O)(=O)O)cc(S(=O)(=O)O)cc4c3C2(C)CCCS(=O)(=O)O)N(CCCCCC(=O)O)c2ccc3c(S(=O)(=O)O)cc(S(=O)(=O)O)cc3c21. The maximum atomic E-state index is 13.1. The first-order valence-corrected chi connectivity index (χ1v) is 36.4. The van der Waals surface area contributed by atoms with Crippen LogP contribution >= 0.6 is 0 Å². The molecule has 0 aliphatic carbocycles. The summed E-state index contributed by atoms with van der Waals surface area (Å²) in [7, 11) is -28.6. The highest BCUT2D eigenvalue weighted by Crippen LogP contribution is 2.54. The normalized spacial score (nSPS) is 18.2. The van der Waals surface area contributed by atoms with Gasteiger partial charge in [-0.1, -0.05) is 18.6 Å². The van der Waals surface area contributed by atoms with E-state index in [-0.39, 0.29) is 123 Å². The summed E-state index contributed by atoms with van der Waals surface area (Å²) in [6.07, 6.45) is 4.68. The molecule has 2 atom stereocenters. The predicted octanol–water partition coefficient (Wildman–Crippen LogP) is 5.26. The summed E-state index contributed by atoms with van der Waals surface area (Å²) in [5.41, 5.74) is -1.38. The number of anilines is 1. The molecule has 2 aliphatic rings. The fraction of sp³-hybridized carbons (Fsp3) is 0.519. The summed E-state index contributed by atoms with van der Waals surface area (Å²) >= 11 is 0. The van der Waals surface area contributed by atoms with Crippen LogP contribution in [0.1, 0.15) is 76.3 Å². The monoisotopic (exact) mass is 1360 g/mol. The molecule has 6 rings (SSSR count). The van der Waals surface area contributed by atoms with E-state index in [0.29, 0.717) is 81.6 Å². The van der Waals surface area contributed by atoms with Gasteiger partial charge in [-0.25, -0.2) is 0 Å². The second-order valence-corrected chi connectivity index (χ2v) is 29.9. The lowest BCUT2D eigenvalue weighted by molar-refractivity contribution is -0.437. The fourth-order valence-corrected chi connectivity index (χ4v) is 14.8. The highest BCUT2D eigenvalue weighted by Gasteiger charge is 2.50. The number of ether oxygens (including phenoxy) is 6. The van der Waals surface area contributed by atoms with E-state index in [9.17, 15) is 87.7 Å². The van der Waals surface area contributed by atoms with Crippen LogP contribution in [-0.2, 0) is 105 Å². The Balaban J connectivity index is 1.51. The van der Waals surface area contributed by atoms with Crippen LogP contribution in [0.2, 0.25) is 0 Å². The Morgan fingerprint density at radius 1 is 0.534 bits per heavy atom. The lowest BCUT2D eigenvalue weighted by Crippen LogP contribution is -2.33. The number of benzene rings is 4. The van der Waals surface area contributed by atoms with Gasteiger partial charge in [0.05, 0.1) is 92.8 Å². The Morgan fingerprint density at radius 3 is 1.49 bits per heavy atom. The van der Waals surface area contributed by atoms with Gasteiger partial charge in [0.1, 0.15) is 16.3 Å². The number of carbonyl (C=O) groups is 1. The fourth-order valence-electron chi connectivity index (χ4n) is 11.1. The zero-order valence-corrected chi connectivity index (χ0v) is 53.2. The first-order valence-electron chi connectivity index (χ1n) is 27.5. The Hall–Kier alpha value is -4.96. The summed E-state index contributed by atoms with van der Waals surface area (Å²) in [6.45, 7) is 6.02. The summed E-state index contributed by atoms with van der Waals surface area (Å²) < 4.78 is 248. The number of carboxylic acids is 1. The lowest BCUT2D eigenvalue weighted by atomic mass is 9.74. The van der Waals surface area contributed by atoms with Crippen molar-refractivity contribution in [3.63, 3.8) is 0 Å². The molecular formula is C54H73N2O26S6+. The number of allylic oxidation sites excluding steroid dienone is 4. The standard InChI is InChI=1S/C54H72N2O26S6/c1-53(17-8-32-83(59,60)61)48(56(20-9-33-84(62,63)64)44-15-13-40-42(51(44)53)34-38(85(65,66)67)36-46(40)87(71,72)73)10-7-11-49-54(2,18-21-78-24-25-80-28-29-82-31-30-81-27-26-79-23-22-77-3)52-43-35-39(86(68,69)70)37-47(88(74,75)76)41(43)14-16-45(52)55(49)19-6-4-5-12-50(57)58/h7,10-11,13-16,34-37H,4-6,8-9,12,17-33H2,1-3H3,(H6-,57,58,59,60,61,62,63,64,65,66,67,68,69,70,71,72,73,74,75,76)/p+1. The van der Waals surface area contributed by atoms with Gasteiger partial charge < -0.3 is 38.4 Å². The number of unbranched alkanes of at least 4 members (excludes halogenated alkanes) is 2. The quantitative estimate of drug-likeness (QED) is 0.0171. The number of hydrogen-bond donors (Lipinski definition) is 7. The highest BCUT2D eigenvalue weighted by atomic mass is 32.2. The molecular weight excluding hydrogens is 1280 g/mol. The number of hydrogen-bond acceptors (Lipinski definition) is 20. The summed E-state index contributed by atoms with van der Waals surface area (Å²) in [5.74, 6) is -2.65. The first-order chi connectivity index (χ1) is 41.0. The average molecular weight is 1360 g/mol. The van der Waals surface area contributed by atoms with Gasteiger partial charge in [-0.3, -0.25) is 32.1 Å². The molecule has 4 aromatic rings. The summed E-state index contributed by atoms with van der Waals surface area (Å²) in [4.78, 5) is 9.73. The van der Waals surface area contributed by atoms with Crippen molar-refractivity contribution >= 4 is 105 Å². The number of carboxylic acid groups (broad SMARTS) is 1. The van der Waals surface area contributed by atoms with Gasteiger partial charge in [0, 0.05) is 78.4 Å². The van der Waals surface area contributed by atoms with Crippen molar-refractivity contribution in [3.05, 3.63) is 83.6 Å². The average Bonchev–Trinajstić information content (AvgIpc) is 1.81. The summed E-state index contributed by atoms with van der Waals surface area (Å²) in [5, 5.41) is 8.83. The predicted molar refractivity (Wildman–Crippen MR) is 320 cm³/mol. The Morgan fingerprint density at radius 2 is 1.01 bits per heavy atom. The third-order valence-corrected chi connectivity index (χ3v) is 20.0. The molecule has 0 saturated carbocycles. The number of methoxy groups -OCH3 is 1. The molecule has 0 amide bonds. The van der Waals surface area contributed by atoms with Gasteiger partial charge in [0.2, 0.25) is 5.69 Å². The van der Waals surface area contributed by atoms with E-state index >= 15 is 0 Å². The van der Waals surface area contributed by atoms with Crippen molar-refractivity contribution in [2.45, 2.75) is 95.6 Å². The highest BCUT2D eigenvalue weighted by molar-refractivity contribution is 7.87. The van der Waals surface area contributed by atoms with E-state index in [0.717, 1.165) is 12.1 Å². The van der Waals surface area contributed by atoms with Crippen molar-refractivity contribution in [2.75, 3.05) is 109 Å². The number of nitrogens with zero attached hydrogens (tertiary/aromatic N) is 2. The number of aliphatic carboxylic acids is 1. The van der Waals surface area contributed by atoms with Gasteiger partial charge in [0.25, 0.3) is 60.7 Å². The van der Waals surface area contributed by atoms with Crippen molar-refractivity contribution in [1.29, 1.82) is 0 Å². The van der Waals surface area contributed by atoms with Crippen LogP contribution in [0, 0.1) is 0 Å². The molecule has 0 radical (unpaired) electrons. The topological polar surface area (TPSA) is 425 Å². The molecule has 2 aliphatic heterocycles. The molecule has 4 aromatic carbocycles. The van der Waals surface area contributed by atoms with E-state index < -0.39 is 109 Å². The largest absolute Gasteiger partial charge is 0.481 e. The maximum Gasteiger partial charge on any atom is 0.303 e. The summed E-state index contributed by atoms with van der Waals surface area (Å²) in [6, 6.07) is 8.63. The molecule has 2 unspecified atom stereocenters. The Bertz CT molecular complexity index is 4020. The number of fused-ring (bicyclic) bond motifs is 6. The van der Waals surface area contributed by atoms with Crippen LogP contribution in [0.5, 0.6) is 0 Å². The molecule has 0 aromatic heterocycles. The van der Waals surface area contributed by atoms with E-state index in [1.54, 1.807) is 37.7 Å². The van der Waals surface area contributed by atoms with E-state index in [2.05, 4.69) is 0 Å².